The Morgan fingerprint density at radius 3 is 2.76 bits per heavy atom. The van der Waals surface area contributed by atoms with E-state index in [1.54, 1.807) is 19.1 Å². The molecule has 94 valence electrons. The van der Waals surface area contributed by atoms with Gasteiger partial charge in [0.15, 0.2) is 0 Å². The molecule has 1 rings (SSSR count). The van der Waals surface area contributed by atoms with Gasteiger partial charge in [-0.15, -0.1) is 11.6 Å². The minimum atomic E-state index is -0.417. The summed E-state index contributed by atoms with van der Waals surface area (Å²) in [6.07, 6.45) is 0.125. The number of carbonyl (C=O) groups excluding carboxylic acids is 1. The average Bonchev–Trinajstić information content (AvgIpc) is 2.27. The van der Waals surface area contributed by atoms with E-state index in [-0.39, 0.29) is 11.9 Å². The van der Waals surface area contributed by atoms with Crippen LogP contribution in [0.3, 0.4) is 0 Å². The van der Waals surface area contributed by atoms with Crippen LogP contribution in [0, 0.1) is 0 Å². The van der Waals surface area contributed by atoms with Crippen LogP contribution in [0.4, 0.5) is 0 Å². The number of halogens is 1. The van der Waals surface area contributed by atoms with Crippen molar-refractivity contribution in [1.29, 1.82) is 0 Å². The maximum atomic E-state index is 11.9. The maximum Gasteiger partial charge on any atom is 0.251 e. The summed E-state index contributed by atoms with van der Waals surface area (Å²) in [6, 6.07) is 7.16. The highest BCUT2D eigenvalue weighted by Crippen LogP contribution is 2.08. The van der Waals surface area contributed by atoms with Crippen LogP contribution in [-0.2, 0) is 5.88 Å². The zero-order chi connectivity index (χ0) is 12.8. The van der Waals surface area contributed by atoms with Crippen molar-refractivity contribution >= 4 is 17.5 Å². The summed E-state index contributed by atoms with van der Waals surface area (Å²) in [7, 11) is 0. The van der Waals surface area contributed by atoms with Gasteiger partial charge >= 0.3 is 0 Å². The van der Waals surface area contributed by atoms with Crippen LogP contribution in [0.5, 0.6) is 0 Å². The van der Waals surface area contributed by atoms with Crippen molar-refractivity contribution in [3.8, 4) is 0 Å². The third-order valence-corrected chi connectivity index (χ3v) is 2.72. The lowest BCUT2D eigenvalue weighted by Crippen LogP contribution is -2.34. The predicted octanol–water partition coefficient (Wildman–Crippen LogP) is 2.31. The molecule has 0 heterocycles. The monoisotopic (exact) mass is 255 g/mol. The normalized spacial score (nSPS) is 14.1. The fourth-order valence-electron chi connectivity index (χ4n) is 1.67. The Bertz CT molecular complexity index is 379. The van der Waals surface area contributed by atoms with Crippen LogP contribution in [-0.4, -0.2) is 23.2 Å². The first kappa shape index (κ1) is 14.0. The molecular formula is C13H18ClNO2. The van der Waals surface area contributed by atoms with Gasteiger partial charge in [0.05, 0.1) is 6.10 Å². The van der Waals surface area contributed by atoms with Gasteiger partial charge in [-0.25, -0.2) is 0 Å². The van der Waals surface area contributed by atoms with E-state index in [0.717, 1.165) is 5.56 Å². The molecule has 0 bridgehead atoms. The third kappa shape index (κ3) is 4.75. The lowest BCUT2D eigenvalue weighted by atomic mass is 10.1. The summed E-state index contributed by atoms with van der Waals surface area (Å²) in [5, 5.41) is 12.1. The molecule has 0 aromatic heterocycles. The van der Waals surface area contributed by atoms with Gasteiger partial charge in [-0.05, 0) is 38.0 Å². The largest absolute Gasteiger partial charge is 0.393 e. The van der Waals surface area contributed by atoms with Crippen molar-refractivity contribution in [2.24, 2.45) is 0 Å². The van der Waals surface area contributed by atoms with Gasteiger partial charge in [0.1, 0.15) is 0 Å². The molecule has 0 aliphatic carbocycles. The number of aliphatic hydroxyl groups is 1. The molecule has 1 amide bonds. The summed E-state index contributed by atoms with van der Waals surface area (Å²) in [6.45, 7) is 3.58. The van der Waals surface area contributed by atoms with Gasteiger partial charge in [-0.1, -0.05) is 12.1 Å². The second kappa shape index (κ2) is 6.62. The second-order valence-electron chi connectivity index (χ2n) is 4.29. The average molecular weight is 256 g/mol. The summed E-state index contributed by atoms with van der Waals surface area (Å²) < 4.78 is 0. The first-order valence-electron chi connectivity index (χ1n) is 5.66. The van der Waals surface area contributed by atoms with Gasteiger partial charge in [0.2, 0.25) is 0 Å². The fraction of sp³-hybridized carbons (Fsp3) is 0.462. The van der Waals surface area contributed by atoms with E-state index in [2.05, 4.69) is 5.32 Å². The van der Waals surface area contributed by atoms with Crippen LogP contribution in [0.1, 0.15) is 36.2 Å². The Labute approximate surface area is 107 Å². The number of aliphatic hydroxyl groups excluding tert-OH is 1. The Balaban J connectivity index is 2.63. The summed E-state index contributed by atoms with van der Waals surface area (Å²) in [4.78, 5) is 11.9. The minimum absolute atomic E-state index is 0.0536. The number of nitrogens with one attached hydrogen (secondary N) is 1. The van der Waals surface area contributed by atoms with Gasteiger partial charge < -0.3 is 10.4 Å². The first-order chi connectivity index (χ1) is 8.02. The molecule has 3 nitrogen and oxygen atoms in total. The van der Waals surface area contributed by atoms with Gasteiger partial charge in [0, 0.05) is 17.5 Å². The molecule has 0 spiro atoms. The first-order valence-corrected chi connectivity index (χ1v) is 6.20. The van der Waals surface area contributed by atoms with Crippen molar-refractivity contribution < 1.29 is 9.90 Å². The Hall–Kier alpha value is -1.06. The Kier molecular flexibility index (Phi) is 5.45. The number of benzene rings is 1. The molecule has 17 heavy (non-hydrogen) atoms. The third-order valence-electron chi connectivity index (χ3n) is 2.42. The van der Waals surface area contributed by atoms with E-state index in [1.165, 1.54) is 0 Å². The molecular weight excluding hydrogens is 238 g/mol. The highest BCUT2D eigenvalue weighted by atomic mass is 35.5. The molecule has 1 aromatic rings. The molecule has 1 aromatic carbocycles. The van der Waals surface area contributed by atoms with Gasteiger partial charge in [-0.3, -0.25) is 4.79 Å². The Morgan fingerprint density at radius 1 is 1.47 bits per heavy atom. The molecule has 0 aliphatic heterocycles. The number of hydrogen-bond acceptors (Lipinski definition) is 2. The summed E-state index contributed by atoms with van der Waals surface area (Å²) >= 11 is 5.71. The van der Waals surface area contributed by atoms with Crippen LogP contribution in [0.25, 0.3) is 0 Å². The highest BCUT2D eigenvalue weighted by Gasteiger charge is 2.11. The number of alkyl halides is 1. The quantitative estimate of drug-likeness (QED) is 0.794. The molecule has 0 saturated heterocycles. The highest BCUT2D eigenvalue weighted by molar-refractivity contribution is 6.17. The molecule has 0 aliphatic rings. The van der Waals surface area contributed by atoms with E-state index in [0.29, 0.717) is 17.9 Å². The molecule has 2 N–H and O–H groups in total. The molecule has 0 fully saturated rings. The molecule has 2 atom stereocenters. The second-order valence-corrected chi connectivity index (χ2v) is 4.56. The van der Waals surface area contributed by atoms with Crippen molar-refractivity contribution in [1.82, 2.24) is 5.32 Å². The van der Waals surface area contributed by atoms with Crippen LogP contribution in [0.15, 0.2) is 24.3 Å². The van der Waals surface area contributed by atoms with E-state index in [1.807, 2.05) is 19.1 Å². The molecule has 4 heteroatoms. The Morgan fingerprint density at radius 2 is 2.18 bits per heavy atom. The number of rotatable bonds is 5. The minimum Gasteiger partial charge on any atom is -0.393 e. The standard InChI is InChI=1S/C13H18ClNO2/c1-9(6-10(2)16)15-13(17)12-5-3-4-11(7-12)8-14/h3-5,7,9-10,16H,6,8H2,1-2H3,(H,15,17). The number of amides is 1. The predicted molar refractivity (Wildman–Crippen MR) is 69.2 cm³/mol. The zero-order valence-electron chi connectivity index (χ0n) is 10.1. The van der Waals surface area contributed by atoms with E-state index in [4.69, 9.17) is 11.6 Å². The SMILES string of the molecule is CC(O)CC(C)NC(=O)c1cccc(CCl)c1. The maximum absolute atomic E-state index is 11.9. The lowest BCUT2D eigenvalue weighted by Gasteiger charge is -2.15. The smallest absolute Gasteiger partial charge is 0.251 e. The number of hydrogen-bond donors (Lipinski definition) is 2. The van der Waals surface area contributed by atoms with Crippen molar-refractivity contribution in [2.75, 3.05) is 0 Å². The lowest BCUT2D eigenvalue weighted by molar-refractivity contribution is 0.0923. The summed E-state index contributed by atoms with van der Waals surface area (Å²) in [5.74, 6) is 0.259. The van der Waals surface area contributed by atoms with Crippen LogP contribution >= 0.6 is 11.6 Å². The van der Waals surface area contributed by atoms with Crippen LogP contribution < -0.4 is 5.32 Å². The summed E-state index contributed by atoms with van der Waals surface area (Å²) in [5.41, 5.74) is 1.52. The molecule has 0 radical (unpaired) electrons. The topological polar surface area (TPSA) is 49.3 Å². The molecule has 2 unspecified atom stereocenters. The van der Waals surface area contributed by atoms with E-state index in [9.17, 15) is 9.90 Å². The van der Waals surface area contributed by atoms with E-state index >= 15 is 0 Å². The van der Waals surface area contributed by atoms with Gasteiger partial charge in [-0.2, -0.15) is 0 Å². The fourth-order valence-corrected chi connectivity index (χ4v) is 1.84. The van der Waals surface area contributed by atoms with Gasteiger partial charge in [0.25, 0.3) is 5.91 Å². The molecule has 0 saturated carbocycles. The number of carbonyl (C=O) groups is 1. The van der Waals surface area contributed by atoms with Crippen LogP contribution in [0.2, 0.25) is 0 Å². The van der Waals surface area contributed by atoms with Crippen molar-refractivity contribution in [2.45, 2.75) is 38.3 Å². The van der Waals surface area contributed by atoms with E-state index < -0.39 is 6.10 Å². The zero-order valence-corrected chi connectivity index (χ0v) is 10.9. The van der Waals surface area contributed by atoms with Crippen molar-refractivity contribution in [3.05, 3.63) is 35.4 Å². The van der Waals surface area contributed by atoms with Crippen molar-refractivity contribution in [3.63, 3.8) is 0 Å².